The van der Waals surface area contributed by atoms with Gasteiger partial charge in [-0.2, -0.15) is 0 Å². The SMILES string of the molecule is C=C(C)c1ncc(-c2ccc(CC(NC(=O)c3ccc(OC(C)C)c(Cl)c3)C(=O)NC)cc2)[nH]1. The van der Waals surface area contributed by atoms with Gasteiger partial charge in [0.05, 0.1) is 23.0 Å². The Kier molecular flexibility index (Phi) is 8.12. The normalized spacial score (nSPS) is 11.7. The van der Waals surface area contributed by atoms with Gasteiger partial charge in [-0.15, -0.1) is 0 Å². The zero-order valence-electron chi connectivity index (χ0n) is 19.7. The molecular formula is C26H29ClN4O3. The van der Waals surface area contributed by atoms with E-state index >= 15 is 0 Å². The summed E-state index contributed by atoms with van der Waals surface area (Å²) in [5, 5.41) is 5.75. The second-order valence-electron chi connectivity index (χ2n) is 8.28. The van der Waals surface area contributed by atoms with Crippen LogP contribution in [0.3, 0.4) is 0 Å². The van der Waals surface area contributed by atoms with Crippen molar-refractivity contribution in [2.24, 2.45) is 0 Å². The van der Waals surface area contributed by atoms with E-state index < -0.39 is 11.9 Å². The lowest BCUT2D eigenvalue weighted by atomic mass is 10.0. The maximum Gasteiger partial charge on any atom is 0.251 e. The van der Waals surface area contributed by atoms with Crippen LogP contribution in [0.4, 0.5) is 0 Å². The van der Waals surface area contributed by atoms with Crippen LogP contribution >= 0.6 is 11.6 Å². The summed E-state index contributed by atoms with van der Waals surface area (Å²) in [6.45, 7) is 9.57. The van der Waals surface area contributed by atoms with E-state index in [1.54, 1.807) is 18.3 Å². The predicted octanol–water partition coefficient (Wildman–Crippen LogP) is 4.64. The van der Waals surface area contributed by atoms with Crippen LogP contribution in [-0.4, -0.2) is 41.0 Å². The monoisotopic (exact) mass is 480 g/mol. The number of aromatic amines is 1. The molecule has 0 radical (unpaired) electrons. The molecule has 0 saturated carbocycles. The number of amides is 2. The molecule has 0 aliphatic heterocycles. The Morgan fingerprint density at radius 1 is 1.18 bits per heavy atom. The van der Waals surface area contributed by atoms with Crippen molar-refractivity contribution in [2.75, 3.05) is 7.05 Å². The van der Waals surface area contributed by atoms with E-state index in [4.69, 9.17) is 16.3 Å². The zero-order chi connectivity index (χ0) is 24.8. The second-order valence-corrected chi connectivity index (χ2v) is 8.69. The summed E-state index contributed by atoms with van der Waals surface area (Å²) in [6.07, 6.45) is 2.05. The van der Waals surface area contributed by atoms with Crippen molar-refractivity contribution >= 4 is 29.0 Å². The fraction of sp³-hybridized carbons (Fsp3) is 0.269. The number of rotatable bonds is 9. The Balaban J connectivity index is 1.72. The minimum Gasteiger partial charge on any atom is -0.489 e. The zero-order valence-corrected chi connectivity index (χ0v) is 20.5. The first-order valence-corrected chi connectivity index (χ1v) is 11.3. The lowest BCUT2D eigenvalue weighted by Crippen LogP contribution is -2.47. The quantitative estimate of drug-likeness (QED) is 0.415. The molecule has 0 spiro atoms. The van der Waals surface area contributed by atoms with Crippen molar-refractivity contribution in [1.82, 2.24) is 20.6 Å². The fourth-order valence-electron chi connectivity index (χ4n) is 3.36. The van der Waals surface area contributed by atoms with E-state index in [0.717, 1.165) is 28.2 Å². The maximum atomic E-state index is 12.8. The highest BCUT2D eigenvalue weighted by atomic mass is 35.5. The van der Waals surface area contributed by atoms with Crippen molar-refractivity contribution in [3.63, 3.8) is 0 Å². The van der Waals surface area contributed by atoms with Gasteiger partial charge in [-0.3, -0.25) is 9.59 Å². The third kappa shape index (κ3) is 6.26. The molecular weight excluding hydrogens is 452 g/mol. The molecule has 3 N–H and O–H groups in total. The first-order valence-electron chi connectivity index (χ1n) is 11.0. The Morgan fingerprint density at radius 3 is 2.44 bits per heavy atom. The number of carbonyl (C=O) groups excluding carboxylic acids is 2. The van der Waals surface area contributed by atoms with Gasteiger partial charge >= 0.3 is 0 Å². The third-order valence-electron chi connectivity index (χ3n) is 5.11. The van der Waals surface area contributed by atoms with Gasteiger partial charge in [0.15, 0.2) is 0 Å². The Bertz CT molecular complexity index is 1190. The molecule has 0 saturated heterocycles. The van der Waals surface area contributed by atoms with E-state index in [9.17, 15) is 9.59 Å². The Morgan fingerprint density at radius 2 is 1.88 bits per heavy atom. The van der Waals surface area contributed by atoms with Crippen molar-refractivity contribution in [3.8, 4) is 17.0 Å². The molecule has 1 unspecified atom stereocenters. The van der Waals surface area contributed by atoms with Gasteiger partial charge in [0.1, 0.15) is 17.6 Å². The van der Waals surface area contributed by atoms with Crippen LogP contribution in [0, 0.1) is 0 Å². The summed E-state index contributed by atoms with van der Waals surface area (Å²) >= 11 is 6.26. The first kappa shape index (κ1) is 25.1. The molecule has 0 bridgehead atoms. The topological polar surface area (TPSA) is 96.1 Å². The summed E-state index contributed by atoms with van der Waals surface area (Å²) in [7, 11) is 1.54. The van der Waals surface area contributed by atoms with Crippen LogP contribution in [0.2, 0.25) is 5.02 Å². The van der Waals surface area contributed by atoms with E-state index in [0.29, 0.717) is 22.8 Å². The van der Waals surface area contributed by atoms with Crippen LogP contribution in [0.5, 0.6) is 5.75 Å². The summed E-state index contributed by atoms with van der Waals surface area (Å²) < 4.78 is 5.61. The fourth-order valence-corrected chi connectivity index (χ4v) is 3.58. The lowest BCUT2D eigenvalue weighted by Gasteiger charge is -2.18. The van der Waals surface area contributed by atoms with Crippen LogP contribution in [-0.2, 0) is 11.2 Å². The number of benzene rings is 2. The van der Waals surface area contributed by atoms with Gasteiger partial charge in [0.25, 0.3) is 5.91 Å². The molecule has 178 valence electrons. The van der Waals surface area contributed by atoms with Crippen LogP contribution in [0.25, 0.3) is 16.8 Å². The van der Waals surface area contributed by atoms with Crippen molar-refractivity contribution in [1.29, 1.82) is 0 Å². The molecule has 3 rings (SSSR count). The Labute approximate surface area is 204 Å². The molecule has 34 heavy (non-hydrogen) atoms. The first-order chi connectivity index (χ1) is 16.2. The molecule has 0 aliphatic rings. The highest BCUT2D eigenvalue weighted by molar-refractivity contribution is 6.32. The Hall–Kier alpha value is -3.58. The molecule has 3 aromatic rings. The number of aromatic nitrogens is 2. The standard InChI is InChI=1S/C26H29ClN4O3/c1-15(2)24-29-14-22(30-24)18-8-6-17(7-9-18)12-21(26(33)28-5)31-25(32)19-10-11-23(20(27)13-19)34-16(3)4/h6-11,13-14,16,21H,1,12H2,2-5H3,(H,28,33)(H,29,30)(H,31,32). The van der Waals surface area contributed by atoms with Gasteiger partial charge in [-0.25, -0.2) is 4.98 Å². The number of carbonyl (C=O) groups is 2. The minimum atomic E-state index is -0.754. The smallest absolute Gasteiger partial charge is 0.251 e. The molecule has 7 nitrogen and oxygen atoms in total. The average molecular weight is 481 g/mol. The highest BCUT2D eigenvalue weighted by Gasteiger charge is 2.22. The van der Waals surface area contributed by atoms with E-state index in [-0.39, 0.29) is 12.0 Å². The van der Waals surface area contributed by atoms with Gasteiger partial charge in [0.2, 0.25) is 5.91 Å². The van der Waals surface area contributed by atoms with Crippen LogP contribution in [0.1, 0.15) is 42.5 Å². The van der Waals surface area contributed by atoms with Crippen molar-refractivity contribution in [3.05, 3.63) is 77.2 Å². The minimum absolute atomic E-state index is 0.0392. The summed E-state index contributed by atoms with van der Waals surface area (Å²) in [6, 6.07) is 11.8. The number of H-pyrrole nitrogens is 1. The highest BCUT2D eigenvalue weighted by Crippen LogP contribution is 2.26. The molecule has 1 aromatic heterocycles. The molecule has 0 fully saturated rings. The molecule has 8 heteroatoms. The molecule has 2 aromatic carbocycles. The second kappa shape index (κ2) is 11.0. The molecule has 1 atom stereocenters. The molecule has 1 heterocycles. The summed E-state index contributed by atoms with van der Waals surface area (Å²) in [5.74, 6) is 0.560. The number of nitrogens with zero attached hydrogens (tertiary/aromatic N) is 1. The number of allylic oxidation sites excluding steroid dienone is 1. The van der Waals surface area contributed by atoms with E-state index in [1.807, 2.05) is 45.0 Å². The van der Waals surface area contributed by atoms with Gasteiger partial charge in [0, 0.05) is 19.0 Å². The molecule has 0 aliphatic carbocycles. The summed E-state index contributed by atoms with van der Waals surface area (Å²) in [4.78, 5) is 32.9. The van der Waals surface area contributed by atoms with Crippen molar-refractivity contribution < 1.29 is 14.3 Å². The number of nitrogens with one attached hydrogen (secondary N) is 3. The van der Waals surface area contributed by atoms with Gasteiger partial charge in [-0.1, -0.05) is 42.4 Å². The maximum absolute atomic E-state index is 12.8. The van der Waals surface area contributed by atoms with Crippen LogP contribution in [0.15, 0.2) is 55.2 Å². The van der Waals surface area contributed by atoms with Gasteiger partial charge in [-0.05, 0) is 55.7 Å². The summed E-state index contributed by atoms with van der Waals surface area (Å²) in [5.41, 5.74) is 3.94. The lowest BCUT2D eigenvalue weighted by molar-refractivity contribution is -0.122. The third-order valence-corrected chi connectivity index (χ3v) is 5.41. The molecule has 2 amide bonds. The van der Waals surface area contributed by atoms with E-state index in [1.165, 1.54) is 13.1 Å². The van der Waals surface area contributed by atoms with Crippen LogP contribution < -0.4 is 15.4 Å². The number of imidazole rings is 1. The van der Waals surface area contributed by atoms with Gasteiger partial charge < -0.3 is 20.4 Å². The average Bonchev–Trinajstić information content (AvgIpc) is 3.30. The largest absolute Gasteiger partial charge is 0.489 e. The van der Waals surface area contributed by atoms with Crippen molar-refractivity contribution in [2.45, 2.75) is 39.3 Å². The number of likely N-dealkylation sites (N-methyl/N-ethyl adjacent to an activating group) is 1. The predicted molar refractivity (Wildman–Crippen MR) is 135 cm³/mol. The number of hydrogen-bond acceptors (Lipinski definition) is 4. The number of ether oxygens (including phenoxy) is 1. The van der Waals surface area contributed by atoms with E-state index in [2.05, 4.69) is 27.2 Å². The number of hydrogen-bond donors (Lipinski definition) is 3. The number of halogens is 1.